The molecule has 0 unspecified atom stereocenters. The van der Waals surface area contributed by atoms with E-state index in [0.717, 1.165) is 0 Å². The fourth-order valence-corrected chi connectivity index (χ4v) is 2.50. The molecule has 0 saturated carbocycles. The van der Waals surface area contributed by atoms with Crippen LogP contribution in [0.4, 0.5) is 0 Å². The van der Waals surface area contributed by atoms with Crippen molar-refractivity contribution in [2.45, 2.75) is 13.3 Å². The van der Waals surface area contributed by atoms with Crippen molar-refractivity contribution in [2.75, 3.05) is 20.8 Å². The summed E-state index contributed by atoms with van der Waals surface area (Å²) in [6, 6.07) is 10.9. The van der Waals surface area contributed by atoms with Crippen LogP contribution in [-0.2, 0) is 9.53 Å². The van der Waals surface area contributed by atoms with E-state index < -0.39 is 17.7 Å². The number of ether oxygens (including phenoxy) is 4. The molecular formula is C22H22O7. The van der Waals surface area contributed by atoms with Gasteiger partial charge in [-0.05, 0) is 37.3 Å². The molecule has 2 rings (SSSR count). The van der Waals surface area contributed by atoms with Gasteiger partial charge in [-0.15, -0.1) is 0 Å². The van der Waals surface area contributed by atoms with Crippen molar-refractivity contribution in [3.05, 3.63) is 65.7 Å². The lowest BCUT2D eigenvalue weighted by Crippen LogP contribution is -2.14. The maximum atomic E-state index is 12.6. The molecule has 0 aromatic heterocycles. The first-order valence-corrected chi connectivity index (χ1v) is 8.82. The number of para-hydroxylation sites is 1. The highest BCUT2D eigenvalue weighted by molar-refractivity contribution is 6.05. The van der Waals surface area contributed by atoms with E-state index >= 15 is 0 Å². The fourth-order valence-electron chi connectivity index (χ4n) is 2.50. The van der Waals surface area contributed by atoms with Crippen LogP contribution in [0.3, 0.4) is 0 Å². The van der Waals surface area contributed by atoms with Crippen LogP contribution in [-0.4, -0.2) is 38.5 Å². The zero-order valence-corrected chi connectivity index (χ0v) is 16.5. The molecule has 0 fully saturated rings. The van der Waals surface area contributed by atoms with Crippen molar-refractivity contribution in [3.63, 3.8) is 0 Å². The molecule has 0 heterocycles. The molecule has 0 aliphatic rings. The maximum absolute atomic E-state index is 12.6. The van der Waals surface area contributed by atoms with Gasteiger partial charge < -0.3 is 18.9 Å². The van der Waals surface area contributed by atoms with Gasteiger partial charge in [0.05, 0.1) is 32.0 Å². The highest BCUT2D eigenvalue weighted by Crippen LogP contribution is 2.29. The standard InChI is InChI=1S/C22H22O7/c1-5-28-21(24)14(2)12-17(23)16-8-6-7-9-18(16)29-22(25)15-10-11-19(26-3)20(13-15)27-4/h6-11,13H,2,5,12H2,1,3-4H3. The molecular weight excluding hydrogens is 376 g/mol. The Kier molecular flexibility index (Phi) is 7.54. The molecule has 7 nitrogen and oxygen atoms in total. The second kappa shape index (κ2) is 10.1. The van der Waals surface area contributed by atoms with Gasteiger partial charge in [0, 0.05) is 12.0 Å². The summed E-state index contributed by atoms with van der Waals surface area (Å²) in [5, 5.41) is 0. The SMILES string of the molecule is C=C(CC(=O)c1ccccc1OC(=O)c1ccc(OC)c(OC)c1)C(=O)OCC. The molecule has 0 bridgehead atoms. The van der Waals surface area contributed by atoms with Gasteiger partial charge in [-0.3, -0.25) is 4.79 Å². The van der Waals surface area contributed by atoms with Crippen molar-refractivity contribution in [1.29, 1.82) is 0 Å². The Bertz CT molecular complexity index is 931. The summed E-state index contributed by atoms with van der Waals surface area (Å²) in [7, 11) is 2.94. The summed E-state index contributed by atoms with van der Waals surface area (Å²) in [4.78, 5) is 36.8. The lowest BCUT2D eigenvalue weighted by atomic mass is 10.0. The minimum Gasteiger partial charge on any atom is -0.493 e. The van der Waals surface area contributed by atoms with Gasteiger partial charge >= 0.3 is 11.9 Å². The van der Waals surface area contributed by atoms with E-state index in [1.165, 1.54) is 38.5 Å². The molecule has 29 heavy (non-hydrogen) atoms. The number of carbonyl (C=O) groups is 3. The third-order valence-corrected chi connectivity index (χ3v) is 3.95. The van der Waals surface area contributed by atoms with Gasteiger partial charge in [-0.25, -0.2) is 9.59 Å². The van der Waals surface area contributed by atoms with Crippen LogP contribution in [0.1, 0.15) is 34.1 Å². The van der Waals surface area contributed by atoms with E-state index in [0.29, 0.717) is 11.5 Å². The van der Waals surface area contributed by atoms with Crippen molar-refractivity contribution in [2.24, 2.45) is 0 Å². The summed E-state index contributed by atoms with van der Waals surface area (Å²) < 4.78 is 20.6. The summed E-state index contributed by atoms with van der Waals surface area (Å²) in [5.74, 6) is -0.807. The quantitative estimate of drug-likeness (QED) is 0.276. The van der Waals surface area contributed by atoms with Gasteiger partial charge in [0.25, 0.3) is 0 Å². The number of benzene rings is 2. The molecule has 0 radical (unpaired) electrons. The minimum absolute atomic E-state index is 0.0258. The summed E-state index contributed by atoms with van der Waals surface area (Å²) >= 11 is 0. The second-order valence-electron chi connectivity index (χ2n) is 5.88. The second-order valence-corrected chi connectivity index (χ2v) is 5.88. The maximum Gasteiger partial charge on any atom is 0.343 e. The van der Waals surface area contributed by atoms with Crippen molar-refractivity contribution < 1.29 is 33.3 Å². The molecule has 0 atom stereocenters. The number of Topliss-reactive ketones (excluding diaryl/α,β-unsaturated/α-hetero) is 1. The van der Waals surface area contributed by atoms with E-state index in [9.17, 15) is 14.4 Å². The first-order valence-electron chi connectivity index (χ1n) is 8.82. The molecule has 0 aliphatic carbocycles. The van der Waals surface area contributed by atoms with Crippen LogP contribution in [0.2, 0.25) is 0 Å². The molecule has 0 spiro atoms. The van der Waals surface area contributed by atoms with Crippen LogP contribution >= 0.6 is 0 Å². The van der Waals surface area contributed by atoms with Gasteiger partial charge in [0.15, 0.2) is 17.3 Å². The number of carbonyl (C=O) groups excluding carboxylic acids is 3. The number of esters is 2. The Labute approximate surface area is 168 Å². The van der Waals surface area contributed by atoms with Crippen molar-refractivity contribution in [3.8, 4) is 17.2 Å². The lowest BCUT2D eigenvalue weighted by molar-refractivity contribution is -0.138. The predicted molar refractivity (Wildman–Crippen MR) is 106 cm³/mol. The number of rotatable bonds is 9. The van der Waals surface area contributed by atoms with Crippen LogP contribution in [0.25, 0.3) is 0 Å². The van der Waals surface area contributed by atoms with Gasteiger partial charge in [-0.2, -0.15) is 0 Å². The van der Waals surface area contributed by atoms with Crippen molar-refractivity contribution >= 4 is 17.7 Å². The third kappa shape index (κ3) is 5.44. The van der Waals surface area contributed by atoms with Crippen LogP contribution < -0.4 is 14.2 Å². The Morgan fingerprint density at radius 1 is 0.931 bits per heavy atom. The first-order chi connectivity index (χ1) is 13.9. The Balaban J connectivity index is 2.20. The summed E-state index contributed by atoms with van der Waals surface area (Å²) in [6.07, 6.45) is -0.246. The number of ketones is 1. The highest BCUT2D eigenvalue weighted by Gasteiger charge is 2.20. The number of methoxy groups -OCH3 is 2. The summed E-state index contributed by atoms with van der Waals surface area (Å²) in [6.45, 7) is 5.43. The Morgan fingerprint density at radius 2 is 1.62 bits per heavy atom. The zero-order valence-electron chi connectivity index (χ0n) is 16.5. The van der Waals surface area contributed by atoms with Gasteiger partial charge in [-0.1, -0.05) is 18.7 Å². The van der Waals surface area contributed by atoms with Crippen molar-refractivity contribution in [1.82, 2.24) is 0 Å². The third-order valence-electron chi connectivity index (χ3n) is 3.95. The molecule has 7 heteroatoms. The Hall–Kier alpha value is -3.61. The van der Waals surface area contributed by atoms with E-state index in [1.54, 1.807) is 25.1 Å². The highest BCUT2D eigenvalue weighted by atomic mass is 16.5. The molecule has 2 aromatic rings. The number of hydrogen-bond acceptors (Lipinski definition) is 7. The van der Waals surface area contributed by atoms with Gasteiger partial charge in [0.1, 0.15) is 5.75 Å². The van der Waals surface area contributed by atoms with Crippen LogP contribution in [0, 0.1) is 0 Å². The average Bonchev–Trinajstić information content (AvgIpc) is 2.73. The smallest absolute Gasteiger partial charge is 0.343 e. The molecule has 152 valence electrons. The predicted octanol–water partition coefficient (Wildman–Crippen LogP) is 3.62. The largest absolute Gasteiger partial charge is 0.493 e. The fraction of sp³-hybridized carbons (Fsp3) is 0.227. The zero-order chi connectivity index (χ0) is 21.4. The van der Waals surface area contributed by atoms with Gasteiger partial charge in [0.2, 0.25) is 0 Å². The Morgan fingerprint density at radius 3 is 2.28 bits per heavy atom. The molecule has 2 aromatic carbocycles. The van der Waals surface area contributed by atoms with E-state index in [4.69, 9.17) is 18.9 Å². The molecule has 0 aliphatic heterocycles. The van der Waals surface area contributed by atoms with Crippen LogP contribution in [0.5, 0.6) is 17.2 Å². The topological polar surface area (TPSA) is 88.1 Å². The van der Waals surface area contributed by atoms with Crippen LogP contribution in [0.15, 0.2) is 54.6 Å². The number of hydrogen-bond donors (Lipinski definition) is 0. The van der Waals surface area contributed by atoms with E-state index in [1.807, 2.05) is 0 Å². The normalized spacial score (nSPS) is 10.0. The monoisotopic (exact) mass is 398 g/mol. The molecule has 0 saturated heterocycles. The minimum atomic E-state index is -0.671. The average molecular weight is 398 g/mol. The lowest BCUT2D eigenvalue weighted by Gasteiger charge is -2.12. The molecule has 0 N–H and O–H groups in total. The molecule has 0 amide bonds. The summed E-state index contributed by atoms with van der Waals surface area (Å²) in [5.41, 5.74) is 0.408. The first kappa shape index (κ1) is 21.7. The van der Waals surface area contributed by atoms with E-state index in [2.05, 4.69) is 6.58 Å². The van der Waals surface area contributed by atoms with E-state index in [-0.39, 0.29) is 35.5 Å².